The first-order valence-corrected chi connectivity index (χ1v) is 10.3. The minimum atomic E-state index is 0.00534. The summed E-state index contributed by atoms with van der Waals surface area (Å²) in [6.07, 6.45) is 5.20. The van der Waals surface area contributed by atoms with Gasteiger partial charge in [0.1, 0.15) is 0 Å². The predicted molar refractivity (Wildman–Crippen MR) is 108 cm³/mol. The number of fused-ring (bicyclic) bond motifs is 1. The van der Waals surface area contributed by atoms with Crippen molar-refractivity contribution in [1.82, 2.24) is 0 Å². The Kier molecular flexibility index (Phi) is 5.00. The van der Waals surface area contributed by atoms with Crippen LogP contribution in [0.15, 0.2) is 30.3 Å². The third-order valence-corrected chi connectivity index (χ3v) is 6.37. The lowest BCUT2D eigenvalue weighted by atomic mass is 9.99. The van der Waals surface area contributed by atoms with Crippen LogP contribution in [0.3, 0.4) is 0 Å². The van der Waals surface area contributed by atoms with E-state index in [1.165, 1.54) is 29.0 Å². The molecule has 1 saturated heterocycles. The fraction of sp³-hybridized carbons (Fsp3) is 0.476. The Hall–Kier alpha value is -1.85. The van der Waals surface area contributed by atoms with Crippen molar-refractivity contribution < 1.29 is 9.53 Å². The number of ether oxygens (including phenoxy) is 1. The van der Waals surface area contributed by atoms with Gasteiger partial charge in [0, 0.05) is 29.3 Å². The quantitative estimate of drug-likeness (QED) is 0.865. The minimum absolute atomic E-state index is 0.00534. The van der Waals surface area contributed by atoms with Crippen LogP contribution in [0.2, 0.25) is 0 Å². The molecular weight excluding hydrogens is 344 g/mol. The van der Waals surface area contributed by atoms with Crippen LogP contribution in [-0.4, -0.2) is 31.2 Å². The van der Waals surface area contributed by atoms with E-state index in [1.54, 1.807) is 11.3 Å². The lowest BCUT2D eigenvalue weighted by Gasteiger charge is -2.36. The monoisotopic (exact) mass is 370 g/mol. The van der Waals surface area contributed by atoms with Crippen molar-refractivity contribution in [2.75, 3.05) is 23.3 Å². The number of benzene rings is 1. The molecule has 0 saturated carbocycles. The standard InChI is InChI=1S/C21H26N2O2S/c1-14-12-23(13-15(2)25-14)18-9-7-17(8-10-18)22-21(24)20-11-16-5-3-4-6-19(16)26-20/h7-11,14-15H,3-6,12-13H2,1-2H3,(H,22,24). The Labute approximate surface area is 159 Å². The first kappa shape index (κ1) is 17.6. The molecule has 2 unspecified atom stereocenters. The van der Waals surface area contributed by atoms with Gasteiger partial charge in [0.15, 0.2) is 0 Å². The molecule has 2 atom stereocenters. The zero-order valence-electron chi connectivity index (χ0n) is 15.5. The second kappa shape index (κ2) is 7.41. The molecule has 26 heavy (non-hydrogen) atoms. The Morgan fingerprint density at radius 1 is 1.12 bits per heavy atom. The minimum Gasteiger partial charge on any atom is -0.372 e. The third-order valence-electron chi connectivity index (χ3n) is 5.13. The van der Waals surface area contributed by atoms with Gasteiger partial charge in [-0.2, -0.15) is 0 Å². The number of aryl methyl sites for hydroxylation is 2. The molecule has 2 aliphatic rings. The maximum Gasteiger partial charge on any atom is 0.265 e. The lowest BCUT2D eigenvalue weighted by Crippen LogP contribution is -2.45. The molecule has 138 valence electrons. The Balaban J connectivity index is 1.42. The number of nitrogens with one attached hydrogen (secondary N) is 1. The molecule has 0 radical (unpaired) electrons. The predicted octanol–water partition coefficient (Wildman–Crippen LogP) is 4.49. The van der Waals surface area contributed by atoms with E-state index in [0.29, 0.717) is 0 Å². The van der Waals surface area contributed by atoms with Crippen LogP contribution in [0.1, 0.15) is 46.8 Å². The van der Waals surface area contributed by atoms with Crippen LogP contribution in [-0.2, 0) is 17.6 Å². The van der Waals surface area contributed by atoms with Gasteiger partial charge in [0.2, 0.25) is 0 Å². The fourth-order valence-electron chi connectivity index (χ4n) is 3.94. The van der Waals surface area contributed by atoms with E-state index in [2.05, 4.69) is 42.3 Å². The van der Waals surface area contributed by atoms with Gasteiger partial charge in [0.25, 0.3) is 5.91 Å². The van der Waals surface area contributed by atoms with Gasteiger partial charge in [-0.05, 0) is 75.4 Å². The van der Waals surface area contributed by atoms with Crippen LogP contribution in [0.5, 0.6) is 0 Å². The molecular formula is C21H26N2O2S. The molecule has 1 aromatic carbocycles. The van der Waals surface area contributed by atoms with Gasteiger partial charge in [-0.25, -0.2) is 0 Å². The van der Waals surface area contributed by atoms with Gasteiger partial charge >= 0.3 is 0 Å². The first-order valence-electron chi connectivity index (χ1n) is 9.52. The summed E-state index contributed by atoms with van der Waals surface area (Å²) in [7, 11) is 0. The number of hydrogen-bond donors (Lipinski definition) is 1. The third kappa shape index (κ3) is 3.79. The van der Waals surface area contributed by atoms with Crippen molar-refractivity contribution in [3.05, 3.63) is 45.6 Å². The molecule has 0 spiro atoms. The number of morpholine rings is 1. The van der Waals surface area contributed by atoms with Crippen molar-refractivity contribution in [3.63, 3.8) is 0 Å². The van der Waals surface area contributed by atoms with E-state index in [1.807, 2.05) is 12.1 Å². The van der Waals surface area contributed by atoms with Crippen molar-refractivity contribution in [1.29, 1.82) is 0 Å². The SMILES string of the molecule is CC1CN(c2ccc(NC(=O)c3cc4c(s3)CCCC4)cc2)CC(C)O1. The number of thiophene rings is 1. The van der Waals surface area contributed by atoms with Gasteiger partial charge in [-0.3, -0.25) is 4.79 Å². The molecule has 2 aromatic rings. The molecule has 4 nitrogen and oxygen atoms in total. The van der Waals surface area contributed by atoms with E-state index >= 15 is 0 Å². The number of anilines is 2. The summed E-state index contributed by atoms with van der Waals surface area (Å²) < 4.78 is 5.80. The van der Waals surface area contributed by atoms with Gasteiger partial charge in [-0.15, -0.1) is 11.3 Å². The maximum absolute atomic E-state index is 12.6. The second-order valence-corrected chi connectivity index (χ2v) is 8.57. The highest BCUT2D eigenvalue weighted by molar-refractivity contribution is 7.14. The van der Waals surface area contributed by atoms with Crippen molar-refractivity contribution in [3.8, 4) is 0 Å². The normalized spacial score (nSPS) is 22.8. The lowest BCUT2D eigenvalue weighted by molar-refractivity contribution is -0.00521. The number of amides is 1. The van der Waals surface area contributed by atoms with Gasteiger partial charge in [-0.1, -0.05) is 0 Å². The van der Waals surface area contributed by atoms with E-state index in [9.17, 15) is 4.79 Å². The number of hydrogen-bond acceptors (Lipinski definition) is 4. The maximum atomic E-state index is 12.6. The average molecular weight is 371 g/mol. The van der Waals surface area contributed by atoms with Crippen molar-refractivity contribution in [2.45, 2.75) is 51.7 Å². The van der Waals surface area contributed by atoms with Crippen LogP contribution >= 0.6 is 11.3 Å². The Morgan fingerprint density at radius 3 is 2.50 bits per heavy atom. The molecule has 1 aromatic heterocycles. The van der Waals surface area contributed by atoms with Crippen molar-refractivity contribution in [2.24, 2.45) is 0 Å². The van der Waals surface area contributed by atoms with Crippen molar-refractivity contribution >= 4 is 28.6 Å². The molecule has 1 amide bonds. The molecule has 1 aliphatic carbocycles. The van der Waals surface area contributed by atoms with E-state index < -0.39 is 0 Å². The number of nitrogens with zero attached hydrogens (tertiary/aromatic N) is 1. The summed E-state index contributed by atoms with van der Waals surface area (Å²) in [5.74, 6) is 0.00534. The van der Waals surface area contributed by atoms with E-state index in [4.69, 9.17) is 4.74 Å². The smallest absolute Gasteiger partial charge is 0.265 e. The summed E-state index contributed by atoms with van der Waals surface area (Å²) in [5.41, 5.74) is 3.40. The summed E-state index contributed by atoms with van der Waals surface area (Å²) in [6, 6.07) is 10.2. The highest BCUT2D eigenvalue weighted by atomic mass is 32.1. The molecule has 5 heteroatoms. The van der Waals surface area contributed by atoms with E-state index in [-0.39, 0.29) is 18.1 Å². The second-order valence-electron chi connectivity index (χ2n) is 7.43. The largest absolute Gasteiger partial charge is 0.372 e. The van der Waals surface area contributed by atoms with E-state index in [0.717, 1.165) is 36.5 Å². The molecule has 1 aliphatic heterocycles. The highest BCUT2D eigenvalue weighted by Gasteiger charge is 2.22. The average Bonchev–Trinajstić information content (AvgIpc) is 3.06. The Bertz CT molecular complexity index is 750. The van der Waals surface area contributed by atoms with Crippen LogP contribution in [0, 0.1) is 0 Å². The van der Waals surface area contributed by atoms with Gasteiger partial charge < -0.3 is 15.0 Å². The topological polar surface area (TPSA) is 41.6 Å². The number of carbonyl (C=O) groups excluding carboxylic acids is 1. The van der Waals surface area contributed by atoms with Crippen LogP contribution < -0.4 is 10.2 Å². The molecule has 1 N–H and O–H groups in total. The summed E-state index contributed by atoms with van der Waals surface area (Å²) in [4.78, 5) is 17.1. The summed E-state index contributed by atoms with van der Waals surface area (Å²) in [6.45, 7) is 6.02. The summed E-state index contributed by atoms with van der Waals surface area (Å²) in [5, 5.41) is 3.04. The Morgan fingerprint density at radius 2 is 1.81 bits per heavy atom. The number of carbonyl (C=O) groups is 1. The molecule has 2 heterocycles. The van der Waals surface area contributed by atoms with Gasteiger partial charge in [0.05, 0.1) is 17.1 Å². The molecule has 1 fully saturated rings. The number of rotatable bonds is 3. The zero-order chi connectivity index (χ0) is 18.1. The fourth-order valence-corrected chi connectivity index (χ4v) is 5.09. The van der Waals surface area contributed by atoms with Crippen LogP contribution in [0.4, 0.5) is 11.4 Å². The first-order chi connectivity index (χ1) is 12.6. The highest BCUT2D eigenvalue weighted by Crippen LogP contribution is 2.30. The zero-order valence-corrected chi connectivity index (χ0v) is 16.3. The molecule has 0 bridgehead atoms. The van der Waals surface area contributed by atoms with Crippen LogP contribution in [0.25, 0.3) is 0 Å². The summed E-state index contributed by atoms with van der Waals surface area (Å²) >= 11 is 1.65. The molecule has 4 rings (SSSR count).